The molecule has 0 rings (SSSR count). The number of hydrogen-bond donors (Lipinski definition) is 0. The molecule has 0 N–H and O–H groups in total. The topological polar surface area (TPSA) is 52.6 Å². The first kappa shape index (κ1) is 13.5. The molecule has 16 heavy (non-hydrogen) atoms. The number of rotatable bonds is 5. The Kier molecular flexibility index (Phi) is 5.85. The molecule has 0 fully saturated rings. The van der Waals surface area contributed by atoms with Crippen LogP contribution in [-0.4, -0.2) is 25.8 Å². The molecule has 0 bridgehead atoms. The normalized spacial score (nSPS) is 11.0. The zero-order chi connectivity index (χ0) is 12.6. The first-order chi connectivity index (χ1) is 7.60. The molecule has 0 unspecified atom stereocenters. The molecule has 4 nitrogen and oxygen atoms in total. The lowest BCUT2D eigenvalue weighted by atomic mass is 10.2. The Morgan fingerprint density at radius 1 is 0.938 bits per heavy atom. The molecule has 0 saturated heterocycles. The Hall–Kier alpha value is -2.46. The van der Waals surface area contributed by atoms with Gasteiger partial charge in [-0.3, -0.25) is 9.59 Å². The number of hydrogen-bond acceptors (Lipinski definition) is 4. The first-order valence-electron chi connectivity index (χ1n) is 4.12. The number of ether oxygens (including phenoxy) is 2. The molecule has 82 valence electrons. The van der Waals surface area contributed by atoms with Crippen molar-refractivity contribution in [2.75, 3.05) is 14.2 Å². The molecule has 0 amide bonds. The van der Waals surface area contributed by atoms with E-state index in [2.05, 4.69) is 0 Å². The van der Waals surface area contributed by atoms with Gasteiger partial charge >= 0.3 is 0 Å². The molecule has 0 saturated carbocycles. The van der Waals surface area contributed by atoms with Crippen molar-refractivity contribution in [2.24, 2.45) is 0 Å². The van der Waals surface area contributed by atoms with Crippen molar-refractivity contribution < 1.29 is 19.1 Å². The number of allylic oxidation sites excluding steroid dienone is 4. The van der Waals surface area contributed by atoms with Crippen LogP contribution in [0.4, 0.5) is 0 Å². The minimum atomic E-state index is -0.637. The van der Waals surface area contributed by atoms with Crippen LogP contribution in [-0.2, 0) is 19.1 Å². The zero-order valence-corrected chi connectivity index (χ0v) is 8.94. The second-order valence-electron chi connectivity index (χ2n) is 2.42. The van der Waals surface area contributed by atoms with Gasteiger partial charge in [-0.25, -0.2) is 0 Å². The molecule has 0 aromatic rings. The summed E-state index contributed by atoms with van der Waals surface area (Å²) in [5.74, 6) is 2.31. The third-order valence-corrected chi connectivity index (χ3v) is 1.54. The fourth-order valence-electron chi connectivity index (χ4n) is 0.766. The van der Waals surface area contributed by atoms with Gasteiger partial charge in [0.2, 0.25) is 0 Å². The van der Waals surface area contributed by atoms with Crippen molar-refractivity contribution in [3.05, 3.63) is 23.7 Å². The van der Waals surface area contributed by atoms with E-state index in [-0.39, 0.29) is 11.5 Å². The van der Waals surface area contributed by atoms with Gasteiger partial charge < -0.3 is 9.47 Å². The highest BCUT2D eigenvalue weighted by molar-refractivity contribution is 6.08. The highest BCUT2D eigenvalue weighted by Crippen LogP contribution is 2.02. The molecule has 0 spiro atoms. The quantitative estimate of drug-likeness (QED) is 0.221. The average Bonchev–Trinajstić information content (AvgIpc) is 2.33. The molecule has 4 heteroatoms. The molecular weight excluding hydrogens is 208 g/mol. The lowest BCUT2D eigenvalue weighted by molar-refractivity contribution is -0.114. The predicted molar refractivity (Wildman–Crippen MR) is 57.9 cm³/mol. The fourth-order valence-corrected chi connectivity index (χ4v) is 0.766. The molecule has 0 aliphatic carbocycles. The van der Waals surface area contributed by atoms with Gasteiger partial charge in [-0.1, -0.05) is 0 Å². The zero-order valence-electron chi connectivity index (χ0n) is 8.94. The highest BCUT2D eigenvalue weighted by Gasteiger charge is 2.07. The third-order valence-electron chi connectivity index (χ3n) is 1.54. The Morgan fingerprint density at radius 3 is 1.44 bits per heavy atom. The second-order valence-corrected chi connectivity index (χ2v) is 2.42. The summed E-state index contributed by atoms with van der Waals surface area (Å²) in [5.41, 5.74) is 0. The number of terminal acetylenes is 2. The molecule has 0 heterocycles. The van der Waals surface area contributed by atoms with Crippen LogP contribution in [0.3, 0.4) is 0 Å². The molecular formula is C12H10O4. The van der Waals surface area contributed by atoms with Gasteiger partial charge in [-0.15, -0.1) is 12.8 Å². The molecule has 0 aromatic carbocycles. The van der Waals surface area contributed by atoms with E-state index in [1.54, 1.807) is 0 Å². The van der Waals surface area contributed by atoms with Crippen LogP contribution in [0, 0.1) is 24.7 Å². The van der Waals surface area contributed by atoms with Gasteiger partial charge in [-0.05, 0) is 24.0 Å². The lowest BCUT2D eigenvalue weighted by Gasteiger charge is -2.00. The number of ketones is 2. The van der Waals surface area contributed by atoms with E-state index < -0.39 is 11.6 Å². The predicted octanol–water partition coefficient (Wildman–Crippen LogP) is 0.452. The fraction of sp³-hybridized carbons (Fsp3) is 0.167. The van der Waals surface area contributed by atoms with Crippen molar-refractivity contribution in [1.29, 1.82) is 0 Å². The van der Waals surface area contributed by atoms with Crippen LogP contribution < -0.4 is 0 Å². The van der Waals surface area contributed by atoms with Gasteiger partial charge in [0.15, 0.2) is 11.5 Å². The summed E-state index contributed by atoms with van der Waals surface area (Å²) in [6.07, 6.45) is 12.2. The number of methoxy groups -OCH3 is 2. The van der Waals surface area contributed by atoms with Crippen molar-refractivity contribution in [1.82, 2.24) is 0 Å². The van der Waals surface area contributed by atoms with E-state index in [0.717, 1.165) is 0 Å². The van der Waals surface area contributed by atoms with Gasteiger partial charge in [0.25, 0.3) is 11.6 Å². The van der Waals surface area contributed by atoms with Gasteiger partial charge in [0.1, 0.15) is 0 Å². The van der Waals surface area contributed by atoms with Crippen molar-refractivity contribution in [3.8, 4) is 24.7 Å². The Labute approximate surface area is 93.9 Å². The summed E-state index contributed by atoms with van der Waals surface area (Å²) in [7, 11) is 2.56. The minimum absolute atomic E-state index is 0.0816. The summed E-state index contributed by atoms with van der Waals surface area (Å²) in [6, 6.07) is 0. The number of Topliss-reactive ketones (excluding diaryl/α,β-unsaturated/α-hetero) is 2. The molecule has 0 aliphatic rings. The maximum Gasteiger partial charge on any atom is 0.270 e. The van der Waals surface area contributed by atoms with E-state index in [0.29, 0.717) is 0 Å². The monoisotopic (exact) mass is 218 g/mol. The number of carbonyl (C=O) groups is 2. The summed E-state index contributed by atoms with van der Waals surface area (Å²) in [5, 5.41) is 0. The van der Waals surface area contributed by atoms with Crippen LogP contribution in [0.15, 0.2) is 23.7 Å². The van der Waals surface area contributed by atoms with Crippen LogP contribution in [0.1, 0.15) is 0 Å². The smallest absolute Gasteiger partial charge is 0.270 e. The van der Waals surface area contributed by atoms with E-state index in [1.807, 2.05) is 11.8 Å². The standard InChI is InChI=1S/C12H10O4/c1-5-9(13)11(15-3)7-8-12(16-4)10(14)6-2/h1-2,7-8H,3-4H3/b11-7-,12-8-. The maximum atomic E-state index is 11.1. The molecule has 0 aliphatic heterocycles. The SMILES string of the molecule is C#CC(=O)/C(=C/C=C(\OC)C(=O)C#C)OC. The minimum Gasteiger partial charge on any atom is -0.492 e. The number of carbonyl (C=O) groups excluding carboxylic acids is 2. The summed E-state index contributed by atoms with van der Waals surface area (Å²) in [6.45, 7) is 0. The first-order valence-corrected chi connectivity index (χ1v) is 4.12. The Bertz CT molecular complexity index is 385. The second kappa shape index (κ2) is 6.92. The largest absolute Gasteiger partial charge is 0.492 e. The highest BCUT2D eigenvalue weighted by atomic mass is 16.5. The van der Waals surface area contributed by atoms with Crippen molar-refractivity contribution in [3.63, 3.8) is 0 Å². The molecule has 0 aromatic heterocycles. The van der Waals surface area contributed by atoms with Gasteiger partial charge in [0.05, 0.1) is 14.2 Å². The third kappa shape index (κ3) is 3.73. The Morgan fingerprint density at radius 2 is 1.25 bits per heavy atom. The van der Waals surface area contributed by atoms with Crippen LogP contribution in [0.2, 0.25) is 0 Å². The van der Waals surface area contributed by atoms with E-state index in [9.17, 15) is 9.59 Å². The van der Waals surface area contributed by atoms with Crippen molar-refractivity contribution >= 4 is 11.6 Å². The Balaban J connectivity index is 5.09. The van der Waals surface area contributed by atoms with Crippen LogP contribution in [0.5, 0.6) is 0 Å². The van der Waals surface area contributed by atoms with E-state index in [4.69, 9.17) is 22.3 Å². The average molecular weight is 218 g/mol. The summed E-state index contributed by atoms with van der Waals surface area (Å²) in [4.78, 5) is 22.1. The van der Waals surface area contributed by atoms with Gasteiger partial charge in [-0.2, -0.15) is 0 Å². The van der Waals surface area contributed by atoms with E-state index in [1.165, 1.54) is 26.4 Å². The van der Waals surface area contributed by atoms with Crippen LogP contribution in [0.25, 0.3) is 0 Å². The molecule has 0 radical (unpaired) electrons. The lowest BCUT2D eigenvalue weighted by Crippen LogP contribution is -2.03. The molecule has 0 atom stereocenters. The summed E-state index contributed by atoms with van der Waals surface area (Å²) < 4.78 is 9.43. The summed E-state index contributed by atoms with van der Waals surface area (Å²) >= 11 is 0. The van der Waals surface area contributed by atoms with Crippen molar-refractivity contribution in [2.45, 2.75) is 0 Å². The van der Waals surface area contributed by atoms with Gasteiger partial charge in [0, 0.05) is 0 Å². The maximum absolute atomic E-state index is 11.1. The van der Waals surface area contributed by atoms with Crippen LogP contribution >= 0.6 is 0 Å². The van der Waals surface area contributed by atoms with E-state index >= 15 is 0 Å².